The number of anilines is 1. The highest BCUT2D eigenvalue weighted by Crippen LogP contribution is 2.28. The molecule has 9 nitrogen and oxygen atoms in total. The van der Waals surface area contributed by atoms with Crippen molar-refractivity contribution in [3.63, 3.8) is 0 Å². The highest BCUT2D eigenvalue weighted by atomic mass is 35.5. The highest BCUT2D eigenvalue weighted by Gasteiger charge is 2.24. The summed E-state index contributed by atoms with van der Waals surface area (Å²) >= 11 is 6.03. The van der Waals surface area contributed by atoms with Crippen LogP contribution in [0.2, 0.25) is 5.02 Å². The molecule has 2 aromatic carbocycles. The van der Waals surface area contributed by atoms with Gasteiger partial charge >= 0.3 is 0 Å². The molecule has 1 heterocycles. The van der Waals surface area contributed by atoms with Crippen LogP contribution in [-0.2, 0) is 14.8 Å². The van der Waals surface area contributed by atoms with E-state index >= 15 is 0 Å². The van der Waals surface area contributed by atoms with Crippen LogP contribution >= 0.6 is 11.6 Å². The second kappa shape index (κ2) is 10.5. The number of nitrogens with zero attached hydrogens (tertiary/aromatic N) is 3. The number of nitrogens with one attached hydrogen (secondary N) is 1. The van der Waals surface area contributed by atoms with Crippen molar-refractivity contribution < 1.29 is 22.7 Å². The smallest absolute Gasteiger partial charge is 0.253 e. The zero-order valence-corrected chi connectivity index (χ0v) is 20.3. The number of carbonyl (C=O) groups is 2. The van der Waals surface area contributed by atoms with Gasteiger partial charge in [0, 0.05) is 44.5 Å². The number of likely N-dealkylation sites (N-methyl/N-ethyl adjacent to an activating group) is 2. The van der Waals surface area contributed by atoms with Crippen molar-refractivity contribution in [1.82, 2.24) is 14.1 Å². The van der Waals surface area contributed by atoms with Gasteiger partial charge in [0.1, 0.15) is 5.75 Å². The molecule has 178 valence electrons. The first-order chi connectivity index (χ1) is 15.6. The van der Waals surface area contributed by atoms with Crippen molar-refractivity contribution in [3.8, 4) is 5.75 Å². The molecule has 0 spiro atoms. The van der Waals surface area contributed by atoms with Crippen LogP contribution in [0.5, 0.6) is 5.75 Å². The maximum absolute atomic E-state index is 12.8. The van der Waals surface area contributed by atoms with E-state index in [9.17, 15) is 18.0 Å². The Hall–Kier alpha value is -2.66. The van der Waals surface area contributed by atoms with Crippen molar-refractivity contribution >= 4 is 39.1 Å². The molecule has 0 aromatic heterocycles. The Morgan fingerprint density at radius 1 is 1.09 bits per heavy atom. The van der Waals surface area contributed by atoms with Gasteiger partial charge in [-0.15, -0.1) is 0 Å². The van der Waals surface area contributed by atoms with E-state index < -0.39 is 22.5 Å². The van der Waals surface area contributed by atoms with E-state index in [2.05, 4.69) is 10.2 Å². The van der Waals surface area contributed by atoms with Crippen LogP contribution in [0.1, 0.15) is 10.4 Å². The van der Waals surface area contributed by atoms with Gasteiger partial charge in [0.05, 0.1) is 23.6 Å². The van der Waals surface area contributed by atoms with Crippen molar-refractivity contribution in [3.05, 3.63) is 53.1 Å². The standard InChI is InChI=1S/C22H27ClN4O5S/c1-25-10-12-27(13-11-25)22(29)16-4-6-17(7-5-16)24-21(28)15-26(2)33(30,31)18-8-9-20(32-3)19(23)14-18/h4-9,14H,10-13,15H2,1-3H3,(H,24,28). The zero-order valence-electron chi connectivity index (χ0n) is 18.7. The molecule has 0 bridgehead atoms. The summed E-state index contributed by atoms with van der Waals surface area (Å²) in [6, 6.07) is 10.6. The van der Waals surface area contributed by atoms with Crippen LogP contribution in [0.15, 0.2) is 47.4 Å². The lowest BCUT2D eigenvalue weighted by atomic mass is 10.1. The highest BCUT2D eigenvalue weighted by molar-refractivity contribution is 7.89. The van der Waals surface area contributed by atoms with E-state index in [0.717, 1.165) is 17.4 Å². The Balaban J connectivity index is 1.59. The van der Waals surface area contributed by atoms with E-state index in [0.29, 0.717) is 30.1 Å². The minimum Gasteiger partial charge on any atom is -0.495 e. The molecule has 0 saturated carbocycles. The predicted molar refractivity (Wildman–Crippen MR) is 126 cm³/mol. The van der Waals surface area contributed by atoms with E-state index in [1.54, 1.807) is 29.2 Å². The molecular weight excluding hydrogens is 468 g/mol. The summed E-state index contributed by atoms with van der Waals surface area (Å²) in [4.78, 5) is 29.0. The summed E-state index contributed by atoms with van der Waals surface area (Å²) in [6.07, 6.45) is 0. The van der Waals surface area contributed by atoms with Gasteiger partial charge in [0.25, 0.3) is 5.91 Å². The molecule has 1 N–H and O–H groups in total. The molecule has 0 aliphatic carbocycles. The second-order valence-corrected chi connectivity index (χ2v) is 10.2. The molecule has 33 heavy (non-hydrogen) atoms. The number of amides is 2. The molecule has 2 amide bonds. The summed E-state index contributed by atoms with van der Waals surface area (Å²) in [6.45, 7) is 2.62. The molecule has 3 rings (SSSR count). The van der Waals surface area contributed by atoms with Crippen LogP contribution in [0.3, 0.4) is 0 Å². The summed E-state index contributed by atoms with van der Waals surface area (Å²) < 4.78 is 31.5. The number of benzene rings is 2. The van der Waals surface area contributed by atoms with Crippen LogP contribution in [0.25, 0.3) is 0 Å². The molecule has 2 aromatic rings. The predicted octanol–water partition coefficient (Wildman–Crippen LogP) is 2.00. The number of piperazine rings is 1. The van der Waals surface area contributed by atoms with Crippen LogP contribution in [-0.4, -0.2) is 88.3 Å². The minimum atomic E-state index is -3.93. The SMILES string of the molecule is COc1ccc(S(=O)(=O)N(C)CC(=O)Nc2ccc(C(=O)N3CCN(C)CC3)cc2)cc1Cl. The van der Waals surface area contributed by atoms with Gasteiger partial charge in [-0.1, -0.05) is 11.6 Å². The van der Waals surface area contributed by atoms with Crippen molar-refractivity contribution in [1.29, 1.82) is 0 Å². The van der Waals surface area contributed by atoms with Crippen molar-refractivity contribution in [2.75, 3.05) is 59.2 Å². The third-order valence-corrected chi connectivity index (χ3v) is 7.50. The average Bonchev–Trinajstić information content (AvgIpc) is 2.79. The van der Waals surface area contributed by atoms with Crippen LogP contribution in [0, 0.1) is 0 Å². The lowest BCUT2D eigenvalue weighted by Gasteiger charge is -2.32. The van der Waals surface area contributed by atoms with E-state index in [1.807, 2.05) is 7.05 Å². The Labute approximate surface area is 198 Å². The van der Waals surface area contributed by atoms with Crippen LogP contribution < -0.4 is 10.1 Å². The molecule has 0 atom stereocenters. The van der Waals surface area contributed by atoms with E-state index in [-0.39, 0.29) is 15.8 Å². The number of hydrogen-bond acceptors (Lipinski definition) is 6. The number of rotatable bonds is 7. The van der Waals surface area contributed by atoms with Gasteiger partial charge in [-0.05, 0) is 49.5 Å². The second-order valence-electron chi connectivity index (χ2n) is 7.78. The number of sulfonamides is 1. The van der Waals surface area contributed by atoms with Crippen LogP contribution in [0.4, 0.5) is 5.69 Å². The van der Waals surface area contributed by atoms with Gasteiger partial charge in [-0.2, -0.15) is 4.31 Å². The monoisotopic (exact) mass is 494 g/mol. The first-order valence-corrected chi connectivity index (χ1v) is 12.1. The largest absolute Gasteiger partial charge is 0.495 e. The summed E-state index contributed by atoms with van der Waals surface area (Å²) in [5.74, 6) is -0.214. The molecule has 1 saturated heterocycles. The number of ether oxygens (including phenoxy) is 1. The topological polar surface area (TPSA) is 99.3 Å². The van der Waals surface area contributed by atoms with Gasteiger partial charge in [-0.25, -0.2) is 8.42 Å². The average molecular weight is 495 g/mol. The third kappa shape index (κ3) is 6.02. The molecular formula is C22H27ClN4O5S. The van der Waals surface area contributed by atoms with Gasteiger partial charge in [-0.3, -0.25) is 9.59 Å². The van der Waals surface area contributed by atoms with Gasteiger partial charge in [0.15, 0.2) is 0 Å². The quantitative estimate of drug-likeness (QED) is 0.632. The zero-order chi connectivity index (χ0) is 24.2. The molecule has 1 aliphatic rings. The summed E-state index contributed by atoms with van der Waals surface area (Å²) in [5.41, 5.74) is 1.00. The first-order valence-electron chi connectivity index (χ1n) is 10.3. The molecule has 11 heteroatoms. The fourth-order valence-electron chi connectivity index (χ4n) is 3.36. The number of halogens is 1. The minimum absolute atomic E-state index is 0.0460. The molecule has 1 fully saturated rings. The Morgan fingerprint density at radius 3 is 2.30 bits per heavy atom. The Kier molecular flexibility index (Phi) is 7.96. The summed E-state index contributed by atoms with van der Waals surface area (Å²) in [7, 11) is 0.834. The van der Waals surface area contributed by atoms with Crippen molar-refractivity contribution in [2.45, 2.75) is 4.90 Å². The van der Waals surface area contributed by atoms with Gasteiger partial charge < -0.3 is 19.9 Å². The normalized spacial score (nSPS) is 14.9. The summed E-state index contributed by atoms with van der Waals surface area (Å²) in [5, 5.41) is 2.81. The van der Waals surface area contributed by atoms with Gasteiger partial charge in [0.2, 0.25) is 15.9 Å². The van der Waals surface area contributed by atoms with Crippen molar-refractivity contribution in [2.24, 2.45) is 0 Å². The molecule has 0 unspecified atom stereocenters. The molecule has 0 radical (unpaired) electrons. The third-order valence-electron chi connectivity index (χ3n) is 5.40. The number of hydrogen-bond donors (Lipinski definition) is 1. The van der Waals surface area contributed by atoms with E-state index in [4.69, 9.17) is 16.3 Å². The maximum atomic E-state index is 12.8. The Bertz CT molecular complexity index is 1120. The fourth-order valence-corrected chi connectivity index (χ4v) is 4.84. The first kappa shape index (κ1) is 25.0. The Morgan fingerprint density at radius 2 is 1.73 bits per heavy atom. The number of methoxy groups -OCH3 is 1. The van der Waals surface area contributed by atoms with E-state index in [1.165, 1.54) is 32.4 Å². The number of carbonyl (C=O) groups excluding carboxylic acids is 2. The lowest BCUT2D eigenvalue weighted by Crippen LogP contribution is -2.47. The molecule has 1 aliphatic heterocycles. The lowest BCUT2D eigenvalue weighted by molar-refractivity contribution is -0.116. The maximum Gasteiger partial charge on any atom is 0.253 e. The fraction of sp³-hybridized carbons (Fsp3) is 0.364.